The molecule has 0 amide bonds. The maximum atomic E-state index is 6.51. The van der Waals surface area contributed by atoms with Crippen molar-refractivity contribution in [3.63, 3.8) is 0 Å². The van der Waals surface area contributed by atoms with Crippen LogP contribution in [0.1, 0.15) is 132 Å². The third-order valence-electron chi connectivity index (χ3n) is 22.1. The topological polar surface area (TPSA) is 83.8 Å². The first-order valence-corrected chi connectivity index (χ1v) is 38.9. The standard InChI is InChI=1S/C34H26O2.C26H29N.2C22H18O2/c1-34(2,3)33-31-27(35-25-18-10-16-23(29(25)31)21-12-6-4-7-13-21)20-28-32(33)30-24(17-11-19-26(30)36-28)22-14-8-5-9-15-22;1-25(2,3)20-16-17-22-23(24(20)26(4,5)6)19-14-10-11-15-21(19)27(22)18-12-8-7-9-13-18;1-22(2,3)19-20-15(13-8-4-6-10-17(13)23-20)12-16-14-9-5-7-11-18(14)24-21(16)19;1-22(2,3)21-19-13-8-4-6-10-15(13)23-17(19)12-18-20(21)14-9-5-7-11-16(14)24-18/h4-20H,1-3H3;7-17H,1-6H3;2*4-12H,1-3H3. The lowest BCUT2D eigenvalue weighted by Crippen LogP contribution is -2.22. The fourth-order valence-electron chi connectivity index (χ4n) is 17.6. The monoisotopic (exact) mass is 1450 g/mol. The predicted octanol–water partition coefficient (Wildman–Crippen LogP) is 31.1. The molecule has 0 saturated heterocycles. The Kier molecular flexibility index (Phi) is 16.6. The molecular weight excluding hydrogens is 1360 g/mol. The molecule has 0 unspecified atom stereocenters. The maximum absolute atomic E-state index is 6.51. The Bertz CT molecular complexity index is 6870. The summed E-state index contributed by atoms with van der Waals surface area (Å²) in [7, 11) is 0. The zero-order valence-electron chi connectivity index (χ0n) is 66.0. The number of rotatable bonds is 3. The van der Waals surface area contributed by atoms with E-state index in [0.29, 0.717) is 0 Å². The second-order valence-corrected chi connectivity index (χ2v) is 35.0. The molecule has 0 atom stereocenters. The molecule has 7 aromatic heterocycles. The Hall–Kier alpha value is -12.3. The number of benzene rings is 14. The van der Waals surface area contributed by atoms with Crippen LogP contribution in [0.3, 0.4) is 0 Å². The van der Waals surface area contributed by atoms with Crippen LogP contribution in [0.4, 0.5) is 0 Å². The van der Waals surface area contributed by atoms with Gasteiger partial charge < -0.3 is 31.1 Å². The SMILES string of the molecule is CC(C)(C)c1c2c(cc3oc4cccc(-c5ccccc5)c4c13)oc1cccc(-c3ccccc3)c12.CC(C)(C)c1c2c(cc3oc4ccccc4c13)oc1ccccc12.CC(C)(C)c1c2oc3ccccc3c2cc2c1oc1ccccc12.CC(C)(C)c1ccc2c(c1C(C)(C)C)c1ccccc1n2-c1ccccc1. The maximum Gasteiger partial charge on any atom is 0.142 e. The van der Waals surface area contributed by atoms with Gasteiger partial charge in [0, 0.05) is 98.8 Å². The summed E-state index contributed by atoms with van der Waals surface area (Å²) in [4.78, 5) is 0. The van der Waals surface area contributed by atoms with Gasteiger partial charge in [0.2, 0.25) is 0 Å². The van der Waals surface area contributed by atoms with Gasteiger partial charge in [-0.25, -0.2) is 0 Å². The van der Waals surface area contributed by atoms with Gasteiger partial charge in [0.25, 0.3) is 0 Å². The molecule has 548 valence electrons. The van der Waals surface area contributed by atoms with E-state index in [1.807, 2.05) is 54.6 Å². The molecule has 0 aliphatic heterocycles. The smallest absolute Gasteiger partial charge is 0.142 e. The molecule has 0 radical (unpaired) electrons. The molecule has 7 heteroatoms. The number of para-hydroxylation sites is 6. The largest absolute Gasteiger partial charge is 0.456 e. The summed E-state index contributed by atoms with van der Waals surface area (Å²) in [6, 6.07) is 97.4. The summed E-state index contributed by atoms with van der Waals surface area (Å²) >= 11 is 0. The van der Waals surface area contributed by atoms with Gasteiger partial charge in [-0.15, -0.1) is 0 Å². The molecule has 0 aliphatic rings. The highest BCUT2D eigenvalue weighted by atomic mass is 16.4. The van der Waals surface area contributed by atoms with E-state index in [9.17, 15) is 0 Å². The van der Waals surface area contributed by atoms with Gasteiger partial charge in [-0.2, -0.15) is 0 Å². The highest BCUT2D eigenvalue weighted by Crippen LogP contribution is 2.52. The van der Waals surface area contributed by atoms with Gasteiger partial charge in [-0.1, -0.05) is 304 Å². The molecule has 0 aliphatic carbocycles. The van der Waals surface area contributed by atoms with Crippen LogP contribution in [0.15, 0.2) is 306 Å². The molecule has 7 nitrogen and oxygen atoms in total. The van der Waals surface area contributed by atoms with Crippen molar-refractivity contribution in [1.29, 1.82) is 0 Å². The number of hydrogen-bond donors (Lipinski definition) is 0. The second-order valence-electron chi connectivity index (χ2n) is 35.0. The third kappa shape index (κ3) is 11.9. The summed E-state index contributed by atoms with van der Waals surface area (Å²) < 4.78 is 40.2. The number of fused-ring (bicyclic) bond motifs is 21. The first-order chi connectivity index (χ1) is 53.3. The normalized spacial score (nSPS) is 12.6. The zero-order chi connectivity index (χ0) is 76.8. The summed E-state index contributed by atoms with van der Waals surface area (Å²) in [5.74, 6) is 0. The highest BCUT2D eigenvalue weighted by Gasteiger charge is 2.34. The molecule has 7 heterocycles. The van der Waals surface area contributed by atoms with Crippen molar-refractivity contribution in [2.45, 2.75) is 131 Å². The first-order valence-electron chi connectivity index (χ1n) is 38.9. The van der Waals surface area contributed by atoms with Crippen LogP contribution in [0, 0.1) is 0 Å². The summed E-state index contributed by atoms with van der Waals surface area (Å²) in [5.41, 5.74) is 26.0. The number of furan rings is 6. The van der Waals surface area contributed by atoms with Crippen LogP contribution >= 0.6 is 0 Å². The van der Waals surface area contributed by atoms with Crippen LogP contribution in [0.5, 0.6) is 0 Å². The van der Waals surface area contributed by atoms with Gasteiger partial charge in [0.05, 0.1) is 11.0 Å². The molecule has 111 heavy (non-hydrogen) atoms. The molecule has 0 saturated carbocycles. The Morgan fingerprint density at radius 1 is 0.207 bits per heavy atom. The molecule has 14 aromatic carbocycles. The number of nitrogens with zero attached hydrogens (tertiary/aromatic N) is 1. The van der Waals surface area contributed by atoms with Crippen molar-refractivity contribution < 1.29 is 26.5 Å². The Labute approximate surface area is 646 Å². The van der Waals surface area contributed by atoms with Gasteiger partial charge in [-0.3, -0.25) is 0 Å². The molecule has 21 aromatic rings. The summed E-state index contributed by atoms with van der Waals surface area (Å²) in [6.07, 6.45) is 0. The van der Waals surface area contributed by atoms with Crippen LogP contribution in [-0.2, 0) is 27.1 Å². The van der Waals surface area contributed by atoms with Crippen molar-refractivity contribution in [3.05, 3.63) is 307 Å². The lowest BCUT2D eigenvalue weighted by atomic mass is 9.73. The highest BCUT2D eigenvalue weighted by molar-refractivity contribution is 6.25. The van der Waals surface area contributed by atoms with Crippen molar-refractivity contribution in [3.8, 4) is 27.9 Å². The number of hydrogen-bond acceptors (Lipinski definition) is 6. The van der Waals surface area contributed by atoms with Crippen molar-refractivity contribution in [2.24, 2.45) is 0 Å². The fraction of sp³-hybridized carbons (Fsp3) is 0.192. The second kappa shape index (κ2) is 26.2. The first kappa shape index (κ1) is 70.4. The molecule has 21 rings (SSSR count). The quantitative estimate of drug-likeness (QED) is 0.175. The molecule has 0 bridgehead atoms. The van der Waals surface area contributed by atoms with Gasteiger partial charge in [0.1, 0.15) is 67.0 Å². The molecule has 0 N–H and O–H groups in total. The van der Waals surface area contributed by atoms with E-state index in [1.54, 1.807) is 0 Å². The average Bonchev–Trinajstić information content (AvgIpc) is 1.60. The Morgan fingerprint density at radius 2 is 0.559 bits per heavy atom. The minimum Gasteiger partial charge on any atom is -0.456 e. The minimum atomic E-state index is -0.154. The third-order valence-corrected chi connectivity index (χ3v) is 22.1. The van der Waals surface area contributed by atoms with Gasteiger partial charge in [-0.05, 0) is 138 Å². The van der Waals surface area contributed by atoms with Crippen LogP contribution in [-0.4, -0.2) is 4.57 Å². The van der Waals surface area contributed by atoms with E-state index in [2.05, 4.69) is 333 Å². The van der Waals surface area contributed by atoms with Crippen molar-refractivity contribution in [1.82, 2.24) is 4.57 Å². The van der Waals surface area contributed by atoms with Gasteiger partial charge >= 0.3 is 0 Å². The zero-order valence-corrected chi connectivity index (χ0v) is 66.0. The summed E-state index contributed by atoms with van der Waals surface area (Å²) in [6.45, 7) is 34.2. The minimum absolute atomic E-state index is 0.0307. The van der Waals surface area contributed by atoms with Crippen LogP contribution in [0.25, 0.3) is 181 Å². The molecule has 0 spiro atoms. The predicted molar refractivity (Wildman–Crippen MR) is 468 cm³/mol. The number of aromatic nitrogens is 1. The molecular formula is C104H91NO6. The Balaban J connectivity index is 0.000000105. The fourth-order valence-corrected chi connectivity index (χ4v) is 17.6. The van der Waals surface area contributed by atoms with E-state index in [0.717, 1.165) is 105 Å². The average molecular weight is 1450 g/mol. The van der Waals surface area contributed by atoms with Gasteiger partial charge in [0.15, 0.2) is 0 Å². The van der Waals surface area contributed by atoms with E-state index in [-0.39, 0.29) is 27.1 Å². The van der Waals surface area contributed by atoms with E-state index in [4.69, 9.17) is 26.5 Å². The van der Waals surface area contributed by atoms with Crippen molar-refractivity contribution in [2.75, 3.05) is 0 Å². The van der Waals surface area contributed by atoms with E-state index in [1.165, 1.54) is 104 Å². The molecule has 0 fully saturated rings. The lowest BCUT2D eigenvalue weighted by Gasteiger charge is -2.31. The van der Waals surface area contributed by atoms with Crippen LogP contribution in [0.2, 0.25) is 0 Å². The lowest BCUT2D eigenvalue weighted by molar-refractivity contribution is 0.535. The van der Waals surface area contributed by atoms with E-state index < -0.39 is 0 Å². The Morgan fingerprint density at radius 3 is 0.991 bits per heavy atom. The van der Waals surface area contributed by atoms with Crippen LogP contribution < -0.4 is 0 Å². The van der Waals surface area contributed by atoms with E-state index >= 15 is 0 Å². The summed E-state index contributed by atoms with van der Waals surface area (Å²) in [5, 5.41) is 16.8. The van der Waals surface area contributed by atoms with Crippen molar-refractivity contribution >= 4 is 153 Å².